The number of carbonyl (C=O) groups is 1. The zero-order chi connectivity index (χ0) is 17.8. The van der Waals surface area contributed by atoms with Gasteiger partial charge in [-0.05, 0) is 74.7 Å². The maximum Gasteiger partial charge on any atom is 0.254 e. The maximum atomic E-state index is 12.8. The lowest BCUT2D eigenvalue weighted by molar-refractivity contribution is 0.0732. The molecule has 0 atom stereocenters. The van der Waals surface area contributed by atoms with Gasteiger partial charge in [0.15, 0.2) is 0 Å². The monoisotopic (exact) mass is 337 g/mol. The fourth-order valence-electron chi connectivity index (χ4n) is 3.44. The molecular weight excluding hydrogens is 310 g/mol. The topological polar surface area (TPSA) is 36.4 Å². The van der Waals surface area contributed by atoms with Crippen molar-refractivity contribution in [1.29, 1.82) is 0 Å². The average molecular weight is 337 g/mol. The van der Waals surface area contributed by atoms with Gasteiger partial charge in [0.1, 0.15) is 0 Å². The third-order valence-electron chi connectivity index (χ3n) is 5.03. The number of carbonyl (C=O) groups excluding carboxylic acids is 1. The van der Waals surface area contributed by atoms with Gasteiger partial charge in [-0.15, -0.1) is 0 Å². The molecule has 1 aromatic heterocycles. The standard InChI is InChI=1S/C21H27N3O/c1-16-12-19-7-11-24(21(25)20(19)13-17(16)2)10-5-9-23(3)15-18-6-4-8-22-14-18/h4,6,8,12-14H,5,7,9-11,15H2,1-3H3. The second kappa shape index (κ2) is 7.79. The molecule has 4 nitrogen and oxygen atoms in total. The number of pyridine rings is 1. The summed E-state index contributed by atoms with van der Waals surface area (Å²) in [5.74, 6) is 0.194. The summed E-state index contributed by atoms with van der Waals surface area (Å²) in [6.07, 6.45) is 5.66. The molecule has 1 amide bonds. The van der Waals surface area contributed by atoms with E-state index in [1.54, 1.807) is 6.20 Å². The van der Waals surface area contributed by atoms with Crippen molar-refractivity contribution in [3.05, 3.63) is 64.5 Å². The summed E-state index contributed by atoms with van der Waals surface area (Å²) in [5.41, 5.74) is 5.80. The Morgan fingerprint density at radius 1 is 1.24 bits per heavy atom. The highest BCUT2D eigenvalue weighted by Crippen LogP contribution is 2.23. The van der Waals surface area contributed by atoms with Crippen LogP contribution < -0.4 is 0 Å². The Kier molecular flexibility index (Phi) is 5.49. The van der Waals surface area contributed by atoms with Crippen LogP contribution in [-0.2, 0) is 13.0 Å². The summed E-state index contributed by atoms with van der Waals surface area (Å²) in [6.45, 7) is 7.71. The molecule has 3 rings (SSSR count). The number of hydrogen-bond acceptors (Lipinski definition) is 3. The molecule has 132 valence electrons. The highest BCUT2D eigenvalue weighted by molar-refractivity contribution is 5.97. The van der Waals surface area contributed by atoms with Gasteiger partial charge < -0.3 is 9.80 Å². The second-order valence-corrected chi connectivity index (χ2v) is 7.09. The van der Waals surface area contributed by atoms with Gasteiger partial charge in [0.25, 0.3) is 5.91 Å². The van der Waals surface area contributed by atoms with E-state index < -0.39 is 0 Å². The van der Waals surface area contributed by atoms with Crippen molar-refractivity contribution in [2.45, 2.75) is 33.2 Å². The fourth-order valence-corrected chi connectivity index (χ4v) is 3.44. The Labute approximate surface area is 150 Å². The molecule has 0 radical (unpaired) electrons. The van der Waals surface area contributed by atoms with Crippen LogP contribution in [0.4, 0.5) is 0 Å². The molecule has 0 saturated carbocycles. The third-order valence-corrected chi connectivity index (χ3v) is 5.03. The van der Waals surface area contributed by atoms with Gasteiger partial charge in [-0.2, -0.15) is 0 Å². The van der Waals surface area contributed by atoms with E-state index in [2.05, 4.69) is 49.0 Å². The van der Waals surface area contributed by atoms with E-state index in [0.29, 0.717) is 0 Å². The van der Waals surface area contributed by atoms with Gasteiger partial charge in [-0.3, -0.25) is 9.78 Å². The van der Waals surface area contributed by atoms with Crippen LogP contribution in [0.2, 0.25) is 0 Å². The lowest BCUT2D eigenvalue weighted by Crippen LogP contribution is -2.39. The van der Waals surface area contributed by atoms with Gasteiger partial charge in [0, 0.05) is 37.6 Å². The van der Waals surface area contributed by atoms with Crippen LogP contribution in [0, 0.1) is 13.8 Å². The zero-order valence-corrected chi connectivity index (χ0v) is 15.5. The van der Waals surface area contributed by atoms with Crippen LogP contribution in [0.1, 0.15) is 39.0 Å². The Morgan fingerprint density at radius 3 is 2.80 bits per heavy atom. The number of fused-ring (bicyclic) bond motifs is 1. The van der Waals surface area contributed by atoms with Crippen LogP contribution in [0.5, 0.6) is 0 Å². The summed E-state index contributed by atoms with van der Waals surface area (Å²) in [4.78, 5) is 21.2. The molecule has 0 aliphatic carbocycles. The van der Waals surface area contributed by atoms with E-state index in [1.165, 1.54) is 22.3 Å². The molecule has 0 N–H and O–H groups in total. The number of amides is 1. The van der Waals surface area contributed by atoms with Crippen LogP contribution in [-0.4, -0.2) is 47.4 Å². The summed E-state index contributed by atoms with van der Waals surface area (Å²) in [5, 5.41) is 0. The number of aryl methyl sites for hydroxylation is 2. The molecule has 25 heavy (non-hydrogen) atoms. The summed E-state index contributed by atoms with van der Waals surface area (Å²) in [7, 11) is 2.12. The van der Waals surface area contributed by atoms with Gasteiger partial charge in [-0.1, -0.05) is 12.1 Å². The van der Waals surface area contributed by atoms with E-state index in [0.717, 1.165) is 44.6 Å². The van der Waals surface area contributed by atoms with E-state index >= 15 is 0 Å². The maximum absolute atomic E-state index is 12.8. The van der Waals surface area contributed by atoms with Crippen molar-refractivity contribution in [1.82, 2.24) is 14.8 Å². The van der Waals surface area contributed by atoms with Gasteiger partial charge in [0.05, 0.1) is 0 Å². The third kappa shape index (κ3) is 4.26. The number of rotatable bonds is 6. The predicted octanol–water partition coefficient (Wildman–Crippen LogP) is 3.22. The van der Waals surface area contributed by atoms with Crippen molar-refractivity contribution < 1.29 is 4.79 Å². The lowest BCUT2D eigenvalue weighted by atomic mass is 9.94. The number of aromatic nitrogens is 1. The first-order valence-corrected chi connectivity index (χ1v) is 9.01. The Morgan fingerprint density at radius 2 is 2.04 bits per heavy atom. The Hall–Kier alpha value is -2.20. The lowest BCUT2D eigenvalue weighted by Gasteiger charge is -2.30. The molecule has 0 spiro atoms. The van der Waals surface area contributed by atoms with E-state index in [1.807, 2.05) is 17.2 Å². The van der Waals surface area contributed by atoms with Crippen LogP contribution in [0.25, 0.3) is 0 Å². The molecule has 0 saturated heterocycles. The normalized spacial score (nSPS) is 14.1. The van der Waals surface area contributed by atoms with Crippen molar-refractivity contribution >= 4 is 5.91 Å². The van der Waals surface area contributed by atoms with E-state index in [9.17, 15) is 4.79 Å². The average Bonchev–Trinajstić information content (AvgIpc) is 2.60. The molecule has 4 heteroatoms. The van der Waals surface area contributed by atoms with Crippen molar-refractivity contribution in [2.75, 3.05) is 26.7 Å². The van der Waals surface area contributed by atoms with Gasteiger partial charge in [-0.25, -0.2) is 0 Å². The first-order chi connectivity index (χ1) is 12.0. The van der Waals surface area contributed by atoms with Crippen molar-refractivity contribution in [2.24, 2.45) is 0 Å². The molecule has 0 bridgehead atoms. The smallest absolute Gasteiger partial charge is 0.254 e. The first kappa shape index (κ1) is 17.6. The first-order valence-electron chi connectivity index (χ1n) is 9.01. The van der Waals surface area contributed by atoms with E-state index in [-0.39, 0.29) is 5.91 Å². The minimum absolute atomic E-state index is 0.194. The Balaban J connectivity index is 1.52. The summed E-state index contributed by atoms with van der Waals surface area (Å²) in [6, 6.07) is 8.31. The van der Waals surface area contributed by atoms with Gasteiger partial charge >= 0.3 is 0 Å². The highest BCUT2D eigenvalue weighted by atomic mass is 16.2. The second-order valence-electron chi connectivity index (χ2n) is 7.09. The van der Waals surface area contributed by atoms with Crippen molar-refractivity contribution in [3.63, 3.8) is 0 Å². The van der Waals surface area contributed by atoms with Crippen LogP contribution in [0.15, 0.2) is 36.7 Å². The van der Waals surface area contributed by atoms with Crippen molar-refractivity contribution in [3.8, 4) is 0 Å². The molecule has 0 fully saturated rings. The molecule has 1 aliphatic rings. The minimum Gasteiger partial charge on any atom is -0.338 e. The fraction of sp³-hybridized carbons (Fsp3) is 0.429. The molecular formula is C21H27N3O. The van der Waals surface area contributed by atoms with Crippen LogP contribution in [0.3, 0.4) is 0 Å². The molecule has 1 aromatic carbocycles. The highest BCUT2D eigenvalue weighted by Gasteiger charge is 2.24. The minimum atomic E-state index is 0.194. The summed E-state index contributed by atoms with van der Waals surface area (Å²) < 4.78 is 0. The van der Waals surface area contributed by atoms with E-state index in [4.69, 9.17) is 0 Å². The molecule has 1 aliphatic heterocycles. The molecule has 0 unspecified atom stereocenters. The largest absolute Gasteiger partial charge is 0.338 e. The van der Waals surface area contributed by atoms with Gasteiger partial charge in [0.2, 0.25) is 0 Å². The molecule has 2 aromatic rings. The Bertz CT molecular complexity index is 742. The SMILES string of the molecule is Cc1cc2c(cc1C)C(=O)N(CCCN(C)Cc1cccnc1)CC2. The number of benzene rings is 1. The zero-order valence-electron chi connectivity index (χ0n) is 15.5. The number of hydrogen-bond donors (Lipinski definition) is 0. The quantitative estimate of drug-likeness (QED) is 0.812. The molecule has 2 heterocycles. The number of nitrogens with zero attached hydrogens (tertiary/aromatic N) is 3. The summed E-state index contributed by atoms with van der Waals surface area (Å²) >= 11 is 0. The predicted molar refractivity (Wildman–Crippen MR) is 101 cm³/mol. The van der Waals surface area contributed by atoms with Crippen LogP contribution >= 0.6 is 0 Å².